The summed E-state index contributed by atoms with van der Waals surface area (Å²) in [7, 11) is 5.13. The van der Waals surface area contributed by atoms with Crippen molar-refractivity contribution >= 4 is 5.91 Å². The van der Waals surface area contributed by atoms with Gasteiger partial charge >= 0.3 is 0 Å². The van der Waals surface area contributed by atoms with Crippen LogP contribution in [0.1, 0.15) is 17.5 Å². The van der Waals surface area contributed by atoms with Gasteiger partial charge in [0.25, 0.3) is 0 Å². The number of hydrogen-bond acceptors (Lipinski definition) is 4. The molecule has 2 aromatic carbocycles. The van der Waals surface area contributed by atoms with Gasteiger partial charge in [0, 0.05) is 19.5 Å². The number of nitrogens with zero attached hydrogens (tertiary/aromatic N) is 1. The second-order valence-corrected chi connectivity index (χ2v) is 6.85. The number of amides is 1. The molecule has 1 aliphatic rings. The van der Waals surface area contributed by atoms with Crippen LogP contribution in [0.4, 0.5) is 0 Å². The van der Waals surface area contributed by atoms with Gasteiger partial charge in [0.1, 0.15) is 5.75 Å². The largest absolute Gasteiger partial charge is 0.493 e. The fraction of sp³-hybridized carbons (Fsp3) is 0.409. The van der Waals surface area contributed by atoms with Gasteiger partial charge in [0.15, 0.2) is 11.5 Å². The van der Waals surface area contributed by atoms with E-state index in [4.69, 9.17) is 14.2 Å². The summed E-state index contributed by atoms with van der Waals surface area (Å²) in [6.07, 6.45) is 2.24. The Morgan fingerprint density at radius 1 is 1.15 bits per heavy atom. The lowest BCUT2D eigenvalue weighted by Gasteiger charge is -2.23. The third-order valence-corrected chi connectivity index (χ3v) is 5.07. The van der Waals surface area contributed by atoms with Gasteiger partial charge in [-0.05, 0) is 48.6 Å². The standard InChI is InChI=1S/C22H27NO4/c1-23(12-10-16-8-9-20(25-2)21(14-16)26-3)22(24)18-11-13-27-19-7-5-4-6-17(19)15-18/h4-9,14,18H,10-13,15H2,1-3H3/t18-/m0/s1. The Kier molecular flexibility index (Phi) is 6.22. The van der Waals surface area contributed by atoms with Gasteiger partial charge in [-0.25, -0.2) is 0 Å². The predicted octanol–water partition coefficient (Wildman–Crippen LogP) is 3.35. The second kappa shape index (κ2) is 8.80. The summed E-state index contributed by atoms with van der Waals surface area (Å²) in [5.74, 6) is 2.46. The van der Waals surface area contributed by atoms with Crippen LogP contribution in [0.25, 0.3) is 0 Å². The van der Waals surface area contributed by atoms with Gasteiger partial charge in [0.05, 0.1) is 20.8 Å². The Balaban J connectivity index is 1.61. The van der Waals surface area contributed by atoms with Crippen LogP contribution >= 0.6 is 0 Å². The summed E-state index contributed by atoms with van der Waals surface area (Å²) in [4.78, 5) is 14.8. The molecule has 0 radical (unpaired) electrons. The summed E-state index contributed by atoms with van der Waals surface area (Å²) in [5, 5.41) is 0. The highest BCUT2D eigenvalue weighted by Gasteiger charge is 2.26. The van der Waals surface area contributed by atoms with Crippen LogP contribution in [0.2, 0.25) is 0 Å². The number of carbonyl (C=O) groups excluding carboxylic acids is 1. The van der Waals surface area contributed by atoms with Gasteiger partial charge in [-0.1, -0.05) is 24.3 Å². The quantitative estimate of drug-likeness (QED) is 0.784. The first kappa shape index (κ1) is 19.1. The monoisotopic (exact) mass is 369 g/mol. The van der Waals surface area contributed by atoms with Crippen molar-refractivity contribution in [3.8, 4) is 17.2 Å². The SMILES string of the molecule is COc1ccc(CCN(C)C(=O)[C@H]2CCOc3ccccc3C2)cc1OC. The van der Waals surface area contributed by atoms with Crippen LogP contribution in [0, 0.1) is 5.92 Å². The van der Waals surface area contributed by atoms with E-state index >= 15 is 0 Å². The van der Waals surface area contributed by atoms with E-state index in [2.05, 4.69) is 0 Å². The van der Waals surface area contributed by atoms with Crippen molar-refractivity contribution in [1.82, 2.24) is 4.90 Å². The van der Waals surface area contributed by atoms with E-state index in [1.165, 1.54) is 0 Å². The average molecular weight is 369 g/mol. The first-order valence-corrected chi connectivity index (χ1v) is 9.29. The van der Waals surface area contributed by atoms with Crippen LogP contribution in [-0.4, -0.2) is 45.2 Å². The molecule has 3 rings (SSSR count). The molecule has 1 amide bonds. The molecule has 0 aliphatic carbocycles. The Labute approximate surface area is 160 Å². The molecule has 5 nitrogen and oxygen atoms in total. The number of benzene rings is 2. The molecule has 0 fully saturated rings. The van der Waals surface area contributed by atoms with Crippen LogP contribution in [0.15, 0.2) is 42.5 Å². The lowest BCUT2D eigenvalue weighted by Crippen LogP contribution is -2.35. The maximum Gasteiger partial charge on any atom is 0.225 e. The Hall–Kier alpha value is -2.69. The molecule has 0 saturated carbocycles. The molecule has 0 unspecified atom stereocenters. The highest BCUT2D eigenvalue weighted by molar-refractivity contribution is 5.79. The Morgan fingerprint density at radius 3 is 2.70 bits per heavy atom. The predicted molar refractivity (Wildman–Crippen MR) is 105 cm³/mol. The molecule has 0 N–H and O–H groups in total. The van der Waals surface area contributed by atoms with Crippen molar-refractivity contribution in [2.24, 2.45) is 5.92 Å². The van der Waals surface area contributed by atoms with Gasteiger partial charge < -0.3 is 19.1 Å². The van der Waals surface area contributed by atoms with Gasteiger partial charge in [-0.15, -0.1) is 0 Å². The zero-order chi connectivity index (χ0) is 19.2. The summed E-state index contributed by atoms with van der Waals surface area (Å²) in [6, 6.07) is 13.9. The maximum atomic E-state index is 12.9. The number of likely N-dealkylation sites (N-methyl/N-ethyl adjacent to an activating group) is 1. The third kappa shape index (κ3) is 4.54. The first-order valence-electron chi connectivity index (χ1n) is 9.29. The summed E-state index contributed by atoms with van der Waals surface area (Å²) in [5.41, 5.74) is 2.23. The molecule has 1 atom stereocenters. The molecule has 0 saturated heterocycles. The van der Waals surface area contributed by atoms with Crippen molar-refractivity contribution in [1.29, 1.82) is 0 Å². The van der Waals surface area contributed by atoms with E-state index in [1.54, 1.807) is 14.2 Å². The highest BCUT2D eigenvalue weighted by atomic mass is 16.5. The zero-order valence-corrected chi connectivity index (χ0v) is 16.2. The molecule has 0 bridgehead atoms. The smallest absolute Gasteiger partial charge is 0.225 e. The van der Waals surface area contributed by atoms with E-state index < -0.39 is 0 Å². The molecule has 2 aromatic rings. The molecule has 1 aliphatic heterocycles. The van der Waals surface area contributed by atoms with E-state index in [9.17, 15) is 4.79 Å². The first-order chi connectivity index (χ1) is 13.1. The number of fused-ring (bicyclic) bond motifs is 1. The van der Waals surface area contributed by atoms with E-state index in [1.807, 2.05) is 54.4 Å². The molecule has 1 heterocycles. The Bertz CT molecular complexity index is 790. The van der Waals surface area contributed by atoms with Crippen LogP contribution in [0.3, 0.4) is 0 Å². The highest BCUT2D eigenvalue weighted by Crippen LogP contribution is 2.29. The number of carbonyl (C=O) groups is 1. The van der Waals surface area contributed by atoms with Gasteiger partial charge in [-0.2, -0.15) is 0 Å². The summed E-state index contributed by atoms with van der Waals surface area (Å²) < 4.78 is 16.4. The molecular weight excluding hydrogens is 342 g/mol. The average Bonchev–Trinajstić information content (AvgIpc) is 2.93. The molecule has 0 spiro atoms. The van der Waals surface area contributed by atoms with Crippen LogP contribution < -0.4 is 14.2 Å². The normalized spacial score (nSPS) is 15.9. The number of hydrogen-bond donors (Lipinski definition) is 0. The number of para-hydroxylation sites is 1. The minimum Gasteiger partial charge on any atom is -0.493 e. The molecule has 0 aromatic heterocycles. The van der Waals surface area contributed by atoms with Crippen LogP contribution in [0.5, 0.6) is 17.2 Å². The maximum absolute atomic E-state index is 12.9. The summed E-state index contributed by atoms with van der Waals surface area (Å²) in [6.45, 7) is 1.24. The van der Waals surface area contributed by atoms with E-state index in [0.717, 1.165) is 36.1 Å². The van der Waals surface area contributed by atoms with Crippen molar-refractivity contribution < 1.29 is 19.0 Å². The molecular formula is C22H27NO4. The minimum absolute atomic E-state index is 0.0379. The minimum atomic E-state index is -0.0379. The van der Waals surface area contributed by atoms with Crippen LogP contribution in [-0.2, 0) is 17.6 Å². The number of rotatable bonds is 6. The summed E-state index contributed by atoms with van der Waals surface area (Å²) >= 11 is 0. The van der Waals surface area contributed by atoms with Crippen molar-refractivity contribution in [2.75, 3.05) is 34.4 Å². The van der Waals surface area contributed by atoms with Crippen molar-refractivity contribution in [3.63, 3.8) is 0 Å². The van der Waals surface area contributed by atoms with E-state index in [-0.39, 0.29) is 11.8 Å². The zero-order valence-electron chi connectivity index (χ0n) is 16.2. The fourth-order valence-corrected chi connectivity index (χ4v) is 3.46. The molecule has 5 heteroatoms. The fourth-order valence-electron chi connectivity index (χ4n) is 3.46. The molecule has 27 heavy (non-hydrogen) atoms. The molecule has 144 valence electrons. The van der Waals surface area contributed by atoms with Gasteiger partial charge in [0.2, 0.25) is 5.91 Å². The second-order valence-electron chi connectivity index (χ2n) is 6.85. The van der Waals surface area contributed by atoms with Crippen molar-refractivity contribution in [2.45, 2.75) is 19.3 Å². The van der Waals surface area contributed by atoms with Gasteiger partial charge in [-0.3, -0.25) is 4.79 Å². The lowest BCUT2D eigenvalue weighted by molar-refractivity contribution is -0.134. The van der Waals surface area contributed by atoms with Crippen molar-refractivity contribution in [3.05, 3.63) is 53.6 Å². The van der Waals surface area contributed by atoms with E-state index in [0.29, 0.717) is 24.7 Å². The Morgan fingerprint density at radius 2 is 1.93 bits per heavy atom. The lowest BCUT2D eigenvalue weighted by atomic mass is 9.95. The third-order valence-electron chi connectivity index (χ3n) is 5.07. The number of methoxy groups -OCH3 is 2. The topological polar surface area (TPSA) is 48.0 Å². The number of ether oxygens (including phenoxy) is 3.